The summed E-state index contributed by atoms with van der Waals surface area (Å²) in [4.78, 5) is 49.6. The van der Waals surface area contributed by atoms with Crippen LogP contribution in [0.25, 0.3) is 0 Å². The van der Waals surface area contributed by atoms with E-state index < -0.39 is 34.9 Å². The van der Waals surface area contributed by atoms with E-state index in [0.717, 1.165) is 16.0 Å². The van der Waals surface area contributed by atoms with Crippen LogP contribution in [-0.4, -0.2) is 46.9 Å². The molecule has 4 amide bonds. The van der Waals surface area contributed by atoms with Gasteiger partial charge >= 0.3 is 6.03 Å². The van der Waals surface area contributed by atoms with Crippen LogP contribution in [0.5, 0.6) is 5.75 Å². The lowest BCUT2D eigenvalue weighted by atomic mass is 9.78. The van der Waals surface area contributed by atoms with Crippen LogP contribution in [0.15, 0.2) is 42.5 Å². The lowest BCUT2D eigenvalue weighted by molar-refractivity contribution is -0.384. The molecular weight excluding hydrogens is 404 g/mol. The number of benzene rings is 2. The van der Waals surface area contributed by atoms with Gasteiger partial charge in [0.1, 0.15) is 23.5 Å². The Morgan fingerprint density at radius 1 is 1.26 bits per heavy atom. The molecule has 10 heteroatoms. The number of urea groups is 1. The number of aryl methyl sites for hydroxylation is 1. The molecule has 160 valence electrons. The van der Waals surface area contributed by atoms with Gasteiger partial charge in [-0.1, -0.05) is 24.3 Å². The van der Waals surface area contributed by atoms with Gasteiger partial charge in [-0.3, -0.25) is 24.6 Å². The molecule has 31 heavy (non-hydrogen) atoms. The van der Waals surface area contributed by atoms with Gasteiger partial charge < -0.3 is 15.4 Å². The molecule has 1 atom stereocenters. The van der Waals surface area contributed by atoms with Crippen LogP contribution in [0.3, 0.4) is 0 Å². The SMILES string of the molecule is COc1ccc(NC(=O)CN2C(=O)NC3(CCc4ccccc4C3)C2=O)c([N+](=O)[O-])c1. The second-order valence-corrected chi connectivity index (χ2v) is 7.54. The average Bonchev–Trinajstić information content (AvgIpc) is 2.97. The number of imide groups is 1. The maximum absolute atomic E-state index is 13.1. The summed E-state index contributed by atoms with van der Waals surface area (Å²) in [6.45, 7) is -0.544. The van der Waals surface area contributed by atoms with Gasteiger partial charge in [0.15, 0.2) is 0 Å². The number of nitrogens with one attached hydrogen (secondary N) is 2. The summed E-state index contributed by atoms with van der Waals surface area (Å²) in [6.07, 6.45) is 1.44. The third kappa shape index (κ3) is 3.67. The molecule has 0 saturated carbocycles. The molecule has 1 unspecified atom stereocenters. The summed E-state index contributed by atoms with van der Waals surface area (Å²) in [7, 11) is 1.37. The molecule has 1 fully saturated rings. The van der Waals surface area contributed by atoms with Crippen molar-refractivity contribution in [1.29, 1.82) is 0 Å². The zero-order valence-corrected chi connectivity index (χ0v) is 16.7. The number of hydrogen-bond donors (Lipinski definition) is 2. The van der Waals surface area contributed by atoms with E-state index in [1.165, 1.54) is 25.3 Å². The number of nitro groups is 1. The highest BCUT2D eigenvalue weighted by Gasteiger charge is 2.52. The molecule has 2 N–H and O–H groups in total. The number of hydrogen-bond acceptors (Lipinski definition) is 6. The molecule has 0 radical (unpaired) electrons. The molecule has 2 aromatic rings. The monoisotopic (exact) mass is 424 g/mol. The lowest BCUT2D eigenvalue weighted by Gasteiger charge is -2.32. The first-order chi connectivity index (χ1) is 14.8. The zero-order chi connectivity index (χ0) is 22.2. The second kappa shape index (κ2) is 7.71. The summed E-state index contributed by atoms with van der Waals surface area (Å²) in [5.74, 6) is -0.922. The van der Waals surface area contributed by atoms with Gasteiger partial charge in [-0.2, -0.15) is 0 Å². The van der Waals surface area contributed by atoms with Crippen LogP contribution in [0.2, 0.25) is 0 Å². The van der Waals surface area contributed by atoms with E-state index in [1.54, 1.807) is 0 Å². The Labute approximate surface area is 177 Å². The largest absolute Gasteiger partial charge is 0.496 e. The van der Waals surface area contributed by atoms with Crippen LogP contribution in [0.4, 0.5) is 16.2 Å². The third-order valence-electron chi connectivity index (χ3n) is 5.66. The first kappa shape index (κ1) is 20.3. The quantitative estimate of drug-likeness (QED) is 0.429. The van der Waals surface area contributed by atoms with Crippen molar-refractivity contribution >= 4 is 29.2 Å². The molecule has 1 saturated heterocycles. The van der Waals surface area contributed by atoms with Crippen molar-refractivity contribution in [2.45, 2.75) is 24.8 Å². The van der Waals surface area contributed by atoms with Gasteiger partial charge in [-0.05, 0) is 36.1 Å². The van der Waals surface area contributed by atoms with E-state index in [4.69, 9.17) is 4.74 Å². The Balaban J connectivity index is 1.49. The van der Waals surface area contributed by atoms with Gasteiger partial charge in [0.25, 0.3) is 11.6 Å². The van der Waals surface area contributed by atoms with E-state index in [9.17, 15) is 24.5 Å². The molecule has 10 nitrogen and oxygen atoms in total. The second-order valence-electron chi connectivity index (χ2n) is 7.54. The first-order valence-electron chi connectivity index (χ1n) is 9.66. The predicted octanol–water partition coefficient (Wildman–Crippen LogP) is 2.02. The van der Waals surface area contributed by atoms with E-state index in [2.05, 4.69) is 10.6 Å². The molecule has 1 aliphatic heterocycles. The van der Waals surface area contributed by atoms with E-state index in [-0.39, 0.29) is 17.1 Å². The summed E-state index contributed by atoms with van der Waals surface area (Å²) in [6, 6.07) is 11.1. The highest BCUT2D eigenvalue weighted by Crippen LogP contribution is 2.34. The van der Waals surface area contributed by atoms with Gasteiger partial charge in [0, 0.05) is 6.42 Å². The summed E-state index contributed by atoms with van der Waals surface area (Å²) < 4.78 is 4.97. The van der Waals surface area contributed by atoms with Gasteiger partial charge in [-0.15, -0.1) is 0 Å². The van der Waals surface area contributed by atoms with Gasteiger partial charge in [0.05, 0.1) is 18.1 Å². The number of rotatable bonds is 5. The molecule has 4 rings (SSSR count). The fourth-order valence-corrected chi connectivity index (χ4v) is 4.07. The van der Waals surface area contributed by atoms with Crippen molar-refractivity contribution in [2.24, 2.45) is 0 Å². The lowest BCUT2D eigenvalue weighted by Crippen LogP contribution is -2.51. The van der Waals surface area contributed by atoms with Crippen molar-refractivity contribution in [3.63, 3.8) is 0 Å². The molecule has 1 heterocycles. The number of fused-ring (bicyclic) bond motifs is 1. The van der Waals surface area contributed by atoms with Crippen molar-refractivity contribution in [2.75, 3.05) is 19.0 Å². The maximum atomic E-state index is 13.1. The van der Waals surface area contributed by atoms with Crippen LogP contribution < -0.4 is 15.4 Å². The van der Waals surface area contributed by atoms with Crippen LogP contribution in [0.1, 0.15) is 17.5 Å². The Morgan fingerprint density at radius 3 is 2.71 bits per heavy atom. The van der Waals surface area contributed by atoms with Crippen LogP contribution in [0, 0.1) is 10.1 Å². The van der Waals surface area contributed by atoms with E-state index >= 15 is 0 Å². The summed E-state index contributed by atoms with van der Waals surface area (Å²) in [5.41, 5.74) is 0.646. The van der Waals surface area contributed by atoms with Crippen molar-refractivity contribution < 1.29 is 24.0 Å². The van der Waals surface area contributed by atoms with Crippen LogP contribution in [-0.2, 0) is 22.4 Å². The third-order valence-corrected chi connectivity index (χ3v) is 5.66. The molecule has 1 spiro atoms. The van der Waals surface area contributed by atoms with Gasteiger partial charge in [0.2, 0.25) is 5.91 Å². The number of amides is 4. The van der Waals surface area contributed by atoms with Crippen molar-refractivity contribution in [3.05, 3.63) is 63.7 Å². The number of ether oxygens (including phenoxy) is 1. The molecule has 2 aromatic carbocycles. The minimum Gasteiger partial charge on any atom is -0.496 e. The summed E-state index contributed by atoms with van der Waals surface area (Å²) in [5, 5.41) is 16.5. The first-order valence-corrected chi connectivity index (χ1v) is 9.66. The van der Waals surface area contributed by atoms with Crippen LogP contribution >= 0.6 is 0 Å². The minimum atomic E-state index is -1.07. The fourth-order valence-electron chi connectivity index (χ4n) is 4.07. The highest BCUT2D eigenvalue weighted by atomic mass is 16.6. The number of carbonyl (C=O) groups is 3. The minimum absolute atomic E-state index is 0.0517. The Kier molecular flexibility index (Phi) is 5.05. The highest BCUT2D eigenvalue weighted by molar-refractivity contribution is 6.10. The number of methoxy groups -OCH3 is 1. The fraction of sp³-hybridized carbons (Fsp3) is 0.286. The number of carbonyl (C=O) groups excluding carboxylic acids is 3. The predicted molar refractivity (Wildman–Crippen MR) is 110 cm³/mol. The number of anilines is 1. The standard InChI is InChI=1S/C21H20N4O6/c1-31-15-6-7-16(17(10-15)25(29)30)22-18(26)12-24-19(27)21(23-20(24)28)9-8-13-4-2-3-5-14(13)11-21/h2-7,10H,8-9,11-12H2,1H3,(H,22,26)(H,23,28). The Hall–Kier alpha value is -3.95. The van der Waals surface area contributed by atoms with Crippen molar-refractivity contribution in [1.82, 2.24) is 10.2 Å². The van der Waals surface area contributed by atoms with E-state index in [1.807, 2.05) is 24.3 Å². The summed E-state index contributed by atoms with van der Waals surface area (Å²) >= 11 is 0. The molecule has 1 aliphatic carbocycles. The molecule has 0 aromatic heterocycles. The zero-order valence-electron chi connectivity index (χ0n) is 16.7. The Bertz CT molecular complexity index is 1100. The molecule has 0 bridgehead atoms. The maximum Gasteiger partial charge on any atom is 0.325 e. The van der Waals surface area contributed by atoms with Gasteiger partial charge in [-0.25, -0.2) is 4.79 Å². The number of nitrogens with zero attached hydrogens (tertiary/aromatic N) is 2. The number of nitro benzene ring substituents is 1. The topological polar surface area (TPSA) is 131 Å². The Morgan fingerprint density at radius 2 is 2.00 bits per heavy atom. The van der Waals surface area contributed by atoms with E-state index in [0.29, 0.717) is 19.3 Å². The smallest absolute Gasteiger partial charge is 0.325 e. The van der Waals surface area contributed by atoms with Crippen molar-refractivity contribution in [3.8, 4) is 5.75 Å². The average molecular weight is 424 g/mol. The molecular formula is C21H20N4O6. The molecule has 2 aliphatic rings. The normalized spacial score (nSPS) is 19.7.